The highest BCUT2D eigenvalue weighted by atomic mass is 35.5. The predicted octanol–water partition coefficient (Wildman–Crippen LogP) is 6.49. The van der Waals surface area contributed by atoms with E-state index in [4.69, 9.17) is 39.5 Å². The van der Waals surface area contributed by atoms with E-state index in [1.165, 1.54) is 11.3 Å². The maximum absolute atomic E-state index is 12.9. The second kappa shape index (κ2) is 8.92. The zero-order valence-corrected chi connectivity index (χ0v) is 18.4. The van der Waals surface area contributed by atoms with Crippen LogP contribution in [-0.2, 0) is 13.2 Å². The van der Waals surface area contributed by atoms with Gasteiger partial charge in [0.2, 0.25) is 0 Å². The first-order valence-electron chi connectivity index (χ1n) is 9.07. The molecule has 0 aliphatic heterocycles. The Balaban J connectivity index is 1.42. The predicted molar refractivity (Wildman–Crippen MR) is 117 cm³/mol. The molecule has 1 aliphatic rings. The van der Waals surface area contributed by atoms with Gasteiger partial charge in [0.05, 0.1) is 17.3 Å². The van der Waals surface area contributed by atoms with Crippen molar-refractivity contribution in [3.63, 3.8) is 0 Å². The van der Waals surface area contributed by atoms with Gasteiger partial charge in [-0.1, -0.05) is 34.8 Å². The first-order chi connectivity index (χ1) is 14.0. The summed E-state index contributed by atoms with van der Waals surface area (Å²) >= 11 is 19.5. The van der Waals surface area contributed by atoms with Crippen LogP contribution in [0.3, 0.4) is 0 Å². The summed E-state index contributed by atoms with van der Waals surface area (Å²) in [6.45, 7) is 0.764. The van der Waals surface area contributed by atoms with Crippen molar-refractivity contribution >= 4 is 52.0 Å². The number of nitrogens with zero attached hydrogens (tertiary/aromatic N) is 2. The van der Waals surface area contributed by atoms with Crippen LogP contribution in [0.25, 0.3) is 0 Å². The van der Waals surface area contributed by atoms with Crippen molar-refractivity contribution in [1.29, 1.82) is 0 Å². The third kappa shape index (κ3) is 5.23. The molecule has 150 valence electrons. The van der Waals surface area contributed by atoms with E-state index >= 15 is 0 Å². The van der Waals surface area contributed by atoms with E-state index in [9.17, 15) is 4.79 Å². The molecule has 29 heavy (non-hydrogen) atoms. The summed E-state index contributed by atoms with van der Waals surface area (Å²) in [6, 6.07) is 12.3. The van der Waals surface area contributed by atoms with Crippen LogP contribution >= 0.6 is 46.1 Å². The Hall–Kier alpha value is -1.79. The Morgan fingerprint density at radius 1 is 1.10 bits per heavy atom. The molecular weight excluding hydrogens is 451 g/mol. The minimum absolute atomic E-state index is 0.000626. The van der Waals surface area contributed by atoms with E-state index in [0.29, 0.717) is 39.5 Å². The van der Waals surface area contributed by atoms with Gasteiger partial charge in [0.15, 0.2) is 0 Å². The summed E-state index contributed by atoms with van der Waals surface area (Å²) in [6.07, 6.45) is 2.04. The van der Waals surface area contributed by atoms with Crippen molar-refractivity contribution in [3.05, 3.63) is 79.2 Å². The van der Waals surface area contributed by atoms with Crippen molar-refractivity contribution in [2.24, 2.45) is 0 Å². The van der Waals surface area contributed by atoms with Crippen LogP contribution in [0.1, 0.15) is 33.9 Å². The smallest absolute Gasteiger partial charge is 0.254 e. The van der Waals surface area contributed by atoms with Crippen molar-refractivity contribution < 1.29 is 9.53 Å². The molecule has 0 atom stereocenters. The van der Waals surface area contributed by atoms with Gasteiger partial charge in [-0.2, -0.15) is 0 Å². The van der Waals surface area contributed by atoms with Crippen molar-refractivity contribution in [3.8, 4) is 5.75 Å². The number of ether oxygens (including phenoxy) is 1. The van der Waals surface area contributed by atoms with Gasteiger partial charge in [-0.05, 0) is 49.2 Å². The molecule has 3 aromatic rings. The number of halogens is 3. The summed E-state index contributed by atoms with van der Waals surface area (Å²) in [4.78, 5) is 19.4. The van der Waals surface area contributed by atoms with Crippen LogP contribution in [0, 0.1) is 0 Å². The number of hydrogen-bond donors (Lipinski definition) is 0. The summed E-state index contributed by atoms with van der Waals surface area (Å²) in [7, 11) is 0. The molecule has 1 amide bonds. The number of thiazole rings is 1. The normalized spacial score (nSPS) is 13.3. The summed E-state index contributed by atoms with van der Waals surface area (Å²) in [5.74, 6) is 0.522. The van der Waals surface area contributed by atoms with Crippen LogP contribution in [0.2, 0.25) is 15.1 Å². The van der Waals surface area contributed by atoms with Crippen molar-refractivity contribution in [2.75, 3.05) is 0 Å². The highest BCUT2D eigenvalue weighted by Gasteiger charge is 2.33. The molecule has 4 rings (SSSR count). The molecule has 1 fully saturated rings. The molecule has 0 unspecified atom stereocenters. The van der Waals surface area contributed by atoms with Gasteiger partial charge in [-0.3, -0.25) is 4.79 Å². The number of benzene rings is 2. The molecule has 0 spiro atoms. The largest absolute Gasteiger partial charge is 0.485 e. The maximum atomic E-state index is 12.9. The maximum Gasteiger partial charge on any atom is 0.254 e. The van der Waals surface area contributed by atoms with E-state index in [-0.39, 0.29) is 11.9 Å². The van der Waals surface area contributed by atoms with E-state index < -0.39 is 0 Å². The number of carbonyl (C=O) groups excluding carboxylic acids is 1. The van der Waals surface area contributed by atoms with Crippen molar-refractivity contribution in [2.45, 2.75) is 32.0 Å². The quantitative estimate of drug-likeness (QED) is 0.399. The van der Waals surface area contributed by atoms with Gasteiger partial charge in [-0.25, -0.2) is 4.98 Å². The lowest BCUT2D eigenvalue weighted by molar-refractivity contribution is 0.0728. The second-order valence-corrected chi connectivity index (χ2v) is 8.99. The molecular formula is C21H17Cl3N2O2S. The highest BCUT2D eigenvalue weighted by molar-refractivity contribution is 7.09. The Labute approximate surface area is 188 Å². The Kier molecular flexibility index (Phi) is 6.30. The summed E-state index contributed by atoms with van der Waals surface area (Å²) in [5.41, 5.74) is 1.48. The molecule has 2 aromatic carbocycles. The molecule has 0 bridgehead atoms. The third-order valence-electron chi connectivity index (χ3n) is 4.52. The van der Waals surface area contributed by atoms with Gasteiger partial charge in [0.25, 0.3) is 5.91 Å². The lowest BCUT2D eigenvalue weighted by Crippen LogP contribution is -2.32. The minimum Gasteiger partial charge on any atom is -0.485 e. The van der Waals surface area contributed by atoms with Gasteiger partial charge < -0.3 is 9.64 Å². The monoisotopic (exact) mass is 466 g/mol. The fourth-order valence-electron chi connectivity index (χ4n) is 2.90. The molecule has 4 nitrogen and oxygen atoms in total. The average molecular weight is 468 g/mol. The molecule has 0 N–H and O–H groups in total. The first kappa shape index (κ1) is 20.5. The average Bonchev–Trinajstić information content (AvgIpc) is 3.46. The molecule has 8 heteroatoms. The summed E-state index contributed by atoms with van der Waals surface area (Å²) in [5, 5.41) is 4.45. The van der Waals surface area contributed by atoms with Crippen molar-refractivity contribution in [1.82, 2.24) is 9.88 Å². The first-order valence-corrected chi connectivity index (χ1v) is 11.1. The van der Waals surface area contributed by atoms with E-state index in [0.717, 1.165) is 23.5 Å². The number of aromatic nitrogens is 1. The summed E-state index contributed by atoms with van der Waals surface area (Å²) < 4.78 is 5.75. The van der Waals surface area contributed by atoms with E-state index in [2.05, 4.69) is 4.98 Å². The molecule has 1 aliphatic carbocycles. The fourth-order valence-corrected chi connectivity index (χ4v) is 4.06. The van der Waals surface area contributed by atoms with Crippen LogP contribution in [0.4, 0.5) is 0 Å². The Bertz CT molecular complexity index is 1020. The van der Waals surface area contributed by atoms with Gasteiger partial charge >= 0.3 is 0 Å². The molecule has 1 saturated carbocycles. The molecule has 0 radical (unpaired) electrons. The molecule has 1 aromatic heterocycles. The number of amides is 1. The highest BCUT2D eigenvalue weighted by Crippen LogP contribution is 2.31. The Morgan fingerprint density at radius 2 is 1.83 bits per heavy atom. The number of carbonyl (C=O) groups is 1. The van der Waals surface area contributed by atoms with Crippen LogP contribution in [0.15, 0.2) is 47.8 Å². The van der Waals surface area contributed by atoms with Gasteiger partial charge in [-0.15, -0.1) is 11.3 Å². The van der Waals surface area contributed by atoms with Crippen LogP contribution in [0.5, 0.6) is 5.75 Å². The zero-order chi connectivity index (χ0) is 20.4. The number of hydrogen-bond acceptors (Lipinski definition) is 4. The zero-order valence-electron chi connectivity index (χ0n) is 15.3. The Morgan fingerprint density at radius 3 is 2.55 bits per heavy atom. The lowest BCUT2D eigenvalue weighted by atomic mass is 10.2. The second-order valence-electron chi connectivity index (χ2n) is 6.77. The van der Waals surface area contributed by atoms with E-state index in [1.54, 1.807) is 42.5 Å². The molecule has 1 heterocycles. The number of rotatable bonds is 7. The standard InChI is InChI=1S/C21H17Cl3N2O2S/c22-14-3-1-13(2-4-14)21(27)26(17-6-7-17)10-16-12-29-20(25-16)11-28-19-9-15(23)5-8-18(19)24/h1-5,8-9,12,17H,6-7,10-11H2. The topological polar surface area (TPSA) is 42.4 Å². The molecule has 0 saturated heterocycles. The third-order valence-corrected chi connectivity index (χ3v) is 6.19. The van der Waals surface area contributed by atoms with E-state index in [1.807, 2.05) is 10.3 Å². The van der Waals surface area contributed by atoms with Gasteiger partial charge in [0, 0.05) is 33.1 Å². The SMILES string of the molecule is O=C(c1ccc(Cl)cc1)N(Cc1csc(COc2cc(Cl)ccc2Cl)n1)C1CC1. The van der Waals surface area contributed by atoms with Crippen LogP contribution < -0.4 is 4.74 Å². The fraction of sp³-hybridized carbons (Fsp3) is 0.238. The minimum atomic E-state index is 0.000626. The lowest BCUT2D eigenvalue weighted by Gasteiger charge is -2.21. The van der Waals surface area contributed by atoms with Crippen LogP contribution in [-0.4, -0.2) is 21.8 Å². The van der Waals surface area contributed by atoms with Gasteiger partial charge in [0.1, 0.15) is 17.4 Å².